The van der Waals surface area contributed by atoms with Crippen LogP contribution in [0.2, 0.25) is 0 Å². The number of hydrogen-bond acceptors (Lipinski definition) is 2. The fourth-order valence-corrected chi connectivity index (χ4v) is 2.85. The molecule has 0 bridgehead atoms. The predicted molar refractivity (Wildman–Crippen MR) is 76.3 cm³/mol. The Morgan fingerprint density at radius 1 is 1.37 bits per heavy atom. The van der Waals surface area contributed by atoms with Crippen LogP contribution in [0.4, 0.5) is 0 Å². The van der Waals surface area contributed by atoms with Gasteiger partial charge in [0.2, 0.25) is 0 Å². The molecule has 1 amide bonds. The van der Waals surface area contributed by atoms with Crippen molar-refractivity contribution in [3.8, 4) is 5.75 Å². The molecule has 0 saturated heterocycles. The van der Waals surface area contributed by atoms with Crippen LogP contribution >= 0.6 is 0 Å². The fraction of sp³-hybridized carbons (Fsp3) is 0.562. The monoisotopic (exact) mass is 261 g/mol. The molecule has 2 rings (SSSR count). The first kappa shape index (κ1) is 13.9. The standard InChI is InChI=1S/C16H23NO2/c1-11-7-8-15(18)14(9-11)16(19)17-10-13-6-4-3-5-12(13)2/h7-9,12-13,18H,3-6,10H2,1-2H3,(H,17,19). The maximum atomic E-state index is 12.1. The van der Waals surface area contributed by atoms with E-state index in [1.165, 1.54) is 25.7 Å². The fourth-order valence-electron chi connectivity index (χ4n) is 2.85. The highest BCUT2D eigenvalue weighted by molar-refractivity contribution is 5.96. The molecule has 3 heteroatoms. The van der Waals surface area contributed by atoms with Gasteiger partial charge in [-0.25, -0.2) is 0 Å². The van der Waals surface area contributed by atoms with Gasteiger partial charge in [-0.05, 0) is 37.3 Å². The number of carbonyl (C=O) groups excluding carboxylic acids is 1. The Bertz CT molecular complexity index is 456. The Hall–Kier alpha value is -1.51. The van der Waals surface area contributed by atoms with Gasteiger partial charge in [0, 0.05) is 6.54 Å². The normalized spacial score (nSPS) is 23.1. The minimum absolute atomic E-state index is 0.0554. The molecule has 0 aromatic heterocycles. The molecule has 1 aliphatic rings. The SMILES string of the molecule is Cc1ccc(O)c(C(=O)NCC2CCCCC2C)c1. The van der Waals surface area contributed by atoms with Crippen molar-refractivity contribution in [1.29, 1.82) is 0 Å². The molecule has 104 valence electrons. The number of phenols is 1. The molecule has 1 saturated carbocycles. The Labute approximate surface area is 115 Å². The minimum atomic E-state index is -0.168. The zero-order valence-electron chi connectivity index (χ0n) is 11.8. The van der Waals surface area contributed by atoms with Gasteiger partial charge in [-0.3, -0.25) is 4.79 Å². The van der Waals surface area contributed by atoms with E-state index in [0.717, 1.165) is 5.56 Å². The van der Waals surface area contributed by atoms with E-state index in [2.05, 4.69) is 12.2 Å². The van der Waals surface area contributed by atoms with E-state index in [-0.39, 0.29) is 11.7 Å². The van der Waals surface area contributed by atoms with Crippen LogP contribution in [-0.4, -0.2) is 17.6 Å². The Balaban J connectivity index is 1.95. The van der Waals surface area contributed by atoms with Crippen molar-refractivity contribution in [2.24, 2.45) is 11.8 Å². The van der Waals surface area contributed by atoms with Crippen molar-refractivity contribution in [3.05, 3.63) is 29.3 Å². The summed E-state index contributed by atoms with van der Waals surface area (Å²) in [5, 5.41) is 12.7. The van der Waals surface area contributed by atoms with Gasteiger partial charge in [0.25, 0.3) is 5.91 Å². The summed E-state index contributed by atoms with van der Waals surface area (Å²) in [4.78, 5) is 12.1. The number of benzene rings is 1. The van der Waals surface area contributed by atoms with E-state index < -0.39 is 0 Å². The minimum Gasteiger partial charge on any atom is -0.507 e. The van der Waals surface area contributed by atoms with E-state index in [4.69, 9.17) is 0 Å². The first-order chi connectivity index (χ1) is 9.08. The quantitative estimate of drug-likeness (QED) is 0.877. The lowest BCUT2D eigenvalue weighted by molar-refractivity contribution is 0.0933. The Kier molecular flexibility index (Phi) is 4.46. The van der Waals surface area contributed by atoms with Gasteiger partial charge in [-0.15, -0.1) is 0 Å². The molecule has 2 N–H and O–H groups in total. The van der Waals surface area contributed by atoms with Crippen LogP contribution in [0.25, 0.3) is 0 Å². The number of carbonyl (C=O) groups is 1. The number of rotatable bonds is 3. The first-order valence-corrected chi connectivity index (χ1v) is 7.15. The van der Waals surface area contributed by atoms with E-state index >= 15 is 0 Å². The lowest BCUT2D eigenvalue weighted by Crippen LogP contribution is -2.33. The summed E-state index contributed by atoms with van der Waals surface area (Å²) in [5.41, 5.74) is 1.36. The van der Waals surface area contributed by atoms with Crippen molar-refractivity contribution in [2.45, 2.75) is 39.5 Å². The second-order valence-electron chi connectivity index (χ2n) is 5.75. The molecule has 1 aromatic rings. The predicted octanol–water partition coefficient (Wildman–Crippen LogP) is 3.26. The molecule has 2 atom stereocenters. The van der Waals surface area contributed by atoms with Crippen molar-refractivity contribution in [1.82, 2.24) is 5.32 Å². The molecule has 1 aliphatic carbocycles. The van der Waals surface area contributed by atoms with Crippen LogP contribution in [0.15, 0.2) is 18.2 Å². The molecular formula is C16H23NO2. The van der Waals surface area contributed by atoms with E-state index in [1.807, 2.05) is 6.92 Å². The lowest BCUT2D eigenvalue weighted by Gasteiger charge is -2.28. The van der Waals surface area contributed by atoms with Crippen LogP contribution in [0.1, 0.15) is 48.5 Å². The van der Waals surface area contributed by atoms with Crippen molar-refractivity contribution < 1.29 is 9.90 Å². The topological polar surface area (TPSA) is 49.3 Å². The van der Waals surface area contributed by atoms with E-state index in [9.17, 15) is 9.90 Å². The molecule has 1 aromatic carbocycles. The van der Waals surface area contributed by atoms with Crippen molar-refractivity contribution >= 4 is 5.91 Å². The molecule has 0 radical (unpaired) electrons. The van der Waals surface area contributed by atoms with Crippen LogP contribution in [0.3, 0.4) is 0 Å². The third-order valence-electron chi connectivity index (χ3n) is 4.21. The second kappa shape index (κ2) is 6.09. The zero-order valence-corrected chi connectivity index (χ0v) is 11.8. The van der Waals surface area contributed by atoms with Crippen LogP contribution in [0, 0.1) is 18.8 Å². The van der Waals surface area contributed by atoms with Gasteiger partial charge in [0.05, 0.1) is 5.56 Å². The first-order valence-electron chi connectivity index (χ1n) is 7.15. The molecule has 2 unspecified atom stereocenters. The molecular weight excluding hydrogens is 238 g/mol. The van der Waals surface area contributed by atoms with E-state index in [1.54, 1.807) is 18.2 Å². The maximum absolute atomic E-state index is 12.1. The number of amides is 1. The summed E-state index contributed by atoms with van der Waals surface area (Å²) in [6.07, 6.45) is 5.03. The molecule has 19 heavy (non-hydrogen) atoms. The van der Waals surface area contributed by atoms with Gasteiger partial charge in [-0.2, -0.15) is 0 Å². The second-order valence-corrected chi connectivity index (χ2v) is 5.75. The van der Waals surface area contributed by atoms with Gasteiger partial charge >= 0.3 is 0 Å². The summed E-state index contributed by atoms with van der Waals surface area (Å²) in [5.74, 6) is 1.14. The highest BCUT2D eigenvalue weighted by Crippen LogP contribution is 2.29. The molecule has 0 aliphatic heterocycles. The van der Waals surface area contributed by atoms with Gasteiger partial charge in [0.15, 0.2) is 0 Å². The summed E-state index contributed by atoms with van der Waals surface area (Å²) in [6, 6.07) is 5.11. The lowest BCUT2D eigenvalue weighted by atomic mass is 9.80. The third kappa shape index (κ3) is 3.49. The molecule has 3 nitrogen and oxygen atoms in total. The number of hydrogen-bond donors (Lipinski definition) is 2. The van der Waals surface area contributed by atoms with Crippen molar-refractivity contribution in [2.75, 3.05) is 6.54 Å². The summed E-state index contributed by atoms with van der Waals surface area (Å²) in [6.45, 7) is 4.90. The maximum Gasteiger partial charge on any atom is 0.255 e. The summed E-state index contributed by atoms with van der Waals surface area (Å²) in [7, 11) is 0. The highest BCUT2D eigenvalue weighted by atomic mass is 16.3. The number of nitrogens with one attached hydrogen (secondary N) is 1. The van der Waals surface area contributed by atoms with Crippen LogP contribution in [0.5, 0.6) is 5.75 Å². The Morgan fingerprint density at radius 3 is 2.84 bits per heavy atom. The van der Waals surface area contributed by atoms with Gasteiger partial charge < -0.3 is 10.4 Å². The average Bonchev–Trinajstić information content (AvgIpc) is 2.40. The largest absolute Gasteiger partial charge is 0.507 e. The van der Waals surface area contributed by atoms with E-state index in [0.29, 0.717) is 23.9 Å². The number of aryl methyl sites for hydroxylation is 1. The molecule has 1 fully saturated rings. The third-order valence-corrected chi connectivity index (χ3v) is 4.21. The summed E-state index contributed by atoms with van der Waals surface area (Å²) >= 11 is 0. The van der Waals surface area contributed by atoms with Gasteiger partial charge in [-0.1, -0.05) is 37.8 Å². The van der Waals surface area contributed by atoms with Crippen LogP contribution in [-0.2, 0) is 0 Å². The van der Waals surface area contributed by atoms with Crippen LogP contribution < -0.4 is 5.32 Å². The smallest absolute Gasteiger partial charge is 0.255 e. The summed E-state index contributed by atoms with van der Waals surface area (Å²) < 4.78 is 0. The number of aromatic hydroxyl groups is 1. The molecule has 0 heterocycles. The zero-order chi connectivity index (χ0) is 13.8. The number of phenolic OH excluding ortho intramolecular Hbond substituents is 1. The highest BCUT2D eigenvalue weighted by Gasteiger charge is 2.22. The van der Waals surface area contributed by atoms with Crippen molar-refractivity contribution in [3.63, 3.8) is 0 Å². The average molecular weight is 261 g/mol. The molecule has 0 spiro atoms. The Morgan fingerprint density at radius 2 is 2.11 bits per heavy atom. The van der Waals surface area contributed by atoms with Gasteiger partial charge in [0.1, 0.15) is 5.75 Å².